The molecule has 2 heteroatoms. The molecular weight excluding hydrogens is 368 g/mol. The Morgan fingerprint density at radius 3 is 1.67 bits per heavy atom. The summed E-state index contributed by atoms with van der Waals surface area (Å²) in [5.74, 6) is 1.68. The Bertz CT molecular complexity index is 523. The van der Waals surface area contributed by atoms with E-state index in [1.54, 1.807) is 7.11 Å². The maximum Gasteiger partial charge on any atom is 0.161 e. The maximum atomic E-state index is 5.93. The van der Waals surface area contributed by atoms with E-state index < -0.39 is 0 Å². The quantitative estimate of drug-likeness (QED) is 0.147. The van der Waals surface area contributed by atoms with Gasteiger partial charge in [0, 0.05) is 0 Å². The van der Waals surface area contributed by atoms with Gasteiger partial charge < -0.3 is 9.47 Å². The highest BCUT2D eigenvalue weighted by atomic mass is 16.5. The van der Waals surface area contributed by atoms with Crippen LogP contribution >= 0.6 is 0 Å². The van der Waals surface area contributed by atoms with Crippen LogP contribution in [-0.2, 0) is 6.42 Å². The first-order chi connectivity index (χ1) is 14.8. The summed E-state index contributed by atoms with van der Waals surface area (Å²) in [5.41, 5.74) is 1.21. The van der Waals surface area contributed by atoms with E-state index in [1.165, 1.54) is 102 Å². The zero-order valence-corrected chi connectivity index (χ0v) is 20.1. The minimum atomic E-state index is 0.773. The predicted molar refractivity (Wildman–Crippen MR) is 132 cm³/mol. The minimum absolute atomic E-state index is 0.773. The lowest BCUT2D eigenvalue weighted by Gasteiger charge is -2.12. The van der Waals surface area contributed by atoms with E-state index in [4.69, 9.17) is 9.47 Å². The van der Waals surface area contributed by atoms with Crippen LogP contribution in [0.2, 0.25) is 0 Å². The summed E-state index contributed by atoms with van der Waals surface area (Å²) in [7, 11) is 1.70. The molecule has 1 aromatic carbocycles. The van der Waals surface area contributed by atoms with Crippen LogP contribution < -0.4 is 9.47 Å². The molecule has 1 aromatic rings. The summed E-state index contributed by atoms with van der Waals surface area (Å²) in [6, 6.07) is 6.15. The molecule has 0 saturated carbocycles. The van der Waals surface area contributed by atoms with Gasteiger partial charge in [-0.05, 0) is 30.5 Å². The molecule has 0 bridgehead atoms. The highest BCUT2D eigenvalue weighted by molar-refractivity contribution is 5.43. The van der Waals surface area contributed by atoms with Gasteiger partial charge in [0.25, 0.3) is 0 Å². The molecule has 2 nitrogen and oxygen atoms in total. The van der Waals surface area contributed by atoms with Gasteiger partial charge in [-0.15, -0.1) is 6.58 Å². The van der Waals surface area contributed by atoms with Crippen LogP contribution in [-0.4, -0.2) is 13.7 Å². The third-order valence-corrected chi connectivity index (χ3v) is 5.86. The van der Waals surface area contributed by atoms with Gasteiger partial charge in [0.05, 0.1) is 13.7 Å². The molecule has 0 aromatic heterocycles. The fourth-order valence-corrected chi connectivity index (χ4v) is 3.96. The zero-order chi connectivity index (χ0) is 21.7. The van der Waals surface area contributed by atoms with Gasteiger partial charge in [0.2, 0.25) is 0 Å². The zero-order valence-electron chi connectivity index (χ0n) is 20.1. The summed E-state index contributed by atoms with van der Waals surface area (Å²) in [6.45, 7) is 6.85. The van der Waals surface area contributed by atoms with Crippen LogP contribution in [0.3, 0.4) is 0 Å². The number of rotatable bonds is 21. The molecule has 0 unspecified atom stereocenters. The van der Waals surface area contributed by atoms with Gasteiger partial charge in [-0.2, -0.15) is 0 Å². The largest absolute Gasteiger partial charge is 0.493 e. The van der Waals surface area contributed by atoms with Crippen molar-refractivity contribution in [3.05, 3.63) is 36.4 Å². The third-order valence-electron chi connectivity index (χ3n) is 5.86. The van der Waals surface area contributed by atoms with Crippen molar-refractivity contribution < 1.29 is 9.47 Å². The SMILES string of the molecule is C=CCc1ccc(OCCCCCCCCCCCCCCCCCC)c(OC)c1. The van der Waals surface area contributed by atoms with Gasteiger partial charge >= 0.3 is 0 Å². The van der Waals surface area contributed by atoms with Crippen molar-refractivity contribution in [2.45, 2.75) is 116 Å². The van der Waals surface area contributed by atoms with E-state index in [0.29, 0.717) is 0 Å². The van der Waals surface area contributed by atoms with E-state index in [9.17, 15) is 0 Å². The van der Waals surface area contributed by atoms with Crippen LogP contribution in [0.15, 0.2) is 30.9 Å². The smallest absolute Gasteiger partial charge is 0.161 e. The first kappa shape index (κ1) is 26.6. The highest BCUT2D eigenvalue weighted by Crippen LogP contribution is 2.28. The molecule has 0 radical (unpaired) electrons. The molecule has 0 fully saturated rings. The molecule has 0 N–H and O–H groups in total. The van der Waals surface area contributed by atoms with Crippen molar-refractivity contribution in [2.75, 3.05) is 13.7 Å². The summed E-state index contributed by atoms with van der Waals surface area (Å²) in [6.07, 6.45) is 25.0. The Balaban J connectivity index is 1.89. The van der Waals surface area contributed by atoms with Crippen molar-refractivity contribution >= 4 is 0 Å². The van der Waals surface area contributed by atoms with Crippen molar-refractivity contribution in [3.63, 3.8) is 0 Å². The lowest BCUT2D eigenvalue weighted by atomic mass is 10.0. The molecule has 0 heterocycles. The van der Waals surface area contributed by atoms with Crippen LogP contribution in [0.4, 0.5) is 0 Å². The molecule has 0 aliphatic heterocycles. The fourth-order valence-electron chi connectivity index (χ4n) is 3.96. The Hall–Kier alpha value is -1.44. The second-order valence-electron chi connectivity index (χ2n) is 8.63. The van der Waals surface area contributed by atoms with Crippen LogP contribution in [0.25, 0.3) is 0 Å². The number of allylic oxidation sites excluding steroid dienone is 1. The van der Waals surface area contributed by atoms with E-state index in [0.717, 1.165) is 30.9 Å². The number of unbranched alkanes of at least 4 members (excludes halogenated alkanes) is 15. The molecule has 30 heavy (non-hydrogen) atoms. The molecule has 0 aliphatic carbocycles. The van der Waals surface area contributed by atoms with Crippen LogP contribution in [0, 0.1) is 0 Å². The average molecular weight is 417 g/mol. The summed E-state index contributed by atoms with van der Waals surface area (Å²) < 4.78 is 11.4. The molecular formula is C28H48O2. The van der Waals surface area contributed by atoms with E-state index in [1.807, 2.05) is 18.2 Å². The van der Waals surface area contributed by atoms with Crippen LogP contribution in [0.5, 0.6) is 11.5 Å². The number of hydrogen-bond acceptors (Lipinski definition) is 2. The minimum Gasteiger partial charge on any atom is -0.493 e. The first-order valence-corrected chi connectivity index (χ1v) is 12.7. The number of hydrogen-bond donors (Lipinski definition) is 0. The van der Waals surface area contributed by atoms with Gasteiger partial charge in [-0.25, -0.2) is 0 Å². The normalized spacial score (nSPS) is 10.9. The summed E-state index contributed by atoms with van der Waals surface area (Å²) in [4.78, 5) is 0. The number of ether oxygens (including phenoxy) is 2. The maximum absolute atomic E-state index is 5.93. The standard InChI is InChI=1S/C28H48O2/c1-4-6-7-8-9-10-11-12-13-14-15-16-17-18-19-20-24-30-27-23-22-26(21-5-2)25-28(27)29-3/h5,22-23,25H,2,4,6-21,24H2,1,3H3. The Kier molecular flexibility index (Phi) is 17.3. The molecule has 0 saturated heterocycles. The van der Waals surface area contributed by atoms with Crippen molar-refractivity contribution in [3.8, 4) is 11.5 Å². The predicted octanol–water partition coefficient (Wildman–Crippen LogP) is 9.06. The summed E-state index contributed by atoms with van der Waals surface area (Å²) >= 11 is 0. The topological polar surface area (TPSA) is 18.5 Å². The van der Waals surface area contributed by atoms with E-state index in [-0.39, 0.29) is 0 Å². The second kappa shape index (κ2) is 19.5. The van der Waals surface area contributed by atoms with E-state index in [2.05, 4.69) is 19.6 Å². The van der Waals surface area contributed by atoms with Gasteiger partial charge in [-0.3, -0.25) is 0 Å². The second-order valence-corrected chi connectivity index (χ2v) is 8.63. The molecule has 0 atom stereocenters. The van der Waals surface area contributed by atoms with Gasteiger partial charge in [-0.1, -0.05) is 115 Å². The van der Waals surface area contributed by atoms with Crippen LogP contribution in [0.1, 0.15) is 115 Å². The number of methoxy groups -OCH3 is 1. The van der Waals surface area contributed by atoms with Gasteiger partial charge in [0.1, 0.15) is 0 Å². The average Bonchev–Trinajstić information content (AvgIpc) is 2.76. The van der Waals surface area contributed by atoms with Crippen molar-refractivity contribution in [1.29, 1.82) is 0 Å². The Labute approximate surface area is 187 Å². The lowest BCUT2D eigenvalue weighted by Crippen LogP contribution is -2.00. The first-order valence-electron chi connectivity index (χ1n) is 12.7. The molecule has 0 aliphatic rings. The molecule has 172 valence electrons. The summed E-state index contributed by atoms with van der Waals surface area (Å²) in [5, 5.41) is 0. The Morgan fingerprint density at radius 1 is 0.700 bits per heavy atom. The third kappa shape index (κ3) is 13.7. The highest BCUT2D eigenvalue weighted by Gasteiger charge is 2.05. The fraction of sp³-hybridized carbons (Fsp3) is 0.714. The Morgan fingerprint density at radius 2 is 1.20 bits per heavy atom. The molecule has 0 amide bonds. The van der Waals surface area contributed by atoms with Crippen molar-refractivity contribution in [2.24, 2.45) is 0 Å². The lowest BCUT2D eigenvalue weighted by molar-refractivity contribution is 0.284. The monoisotopic (exact) mass is 416 g/mol. The molecule has 1 rings (SSSR count). The van der Waals surface area contributed by atoms with Crippen molar-refractivity contribution in [1.82, 2.24) is 0 Å². The van der Waals surface area contributed by atoms with Gasteiger partial charge in [0.15, 0.2) is 11.5 Å². The number of benzene rings is 1. The molecule has 0 spiro atoms. The van der Waals surface area contributed by atoms with E-state index >= 15 is 0 Å².